The second-order valence-corrected chi connectivity index (χ2v) is 8.59. The third kappa shape index (κ3) is 5.54. The Balaban J connectivity index is 1.45. The van der Waals surface area contributed by atoms with E-state index in [1.54, 1.807) is 14.2 Å². The summed E-state index contributed by atoms with van der Waals surface area (Å²) in [6.07, 6.45) is 4.80. The summed E-state index contributed by atoms with van der Waals surface area (Å²) in [5, 5.41) is 7.95. The summed E-state index contributed by atoms with van der Waals surface area (Å²) in [6, 6.07) is 17.8. The molecule has 0 unspecified atom stereocenters. The molecule has 1 N–H and O–H groups in total. The summed E-state index contributed by atoms with van der Waals surface area (Å²) in [6.45, 7) is 0.867. The van der Waals surface area contributed by atoms with E-state index in [0.717, 1.165) is 29.8 Å². The van der Waals surface area contributed by atoms with Crippen LogP contribution in [0.5, 0.6) is 11.5 Å². The Bertz CT molecular complexity index is 1070. The van der Waals surface area contributed by atoms with Crippen molar-refractivity contribution in [1.82, 2.24) is 14.7 Å². The largest absolute Gasteiger partial charge is 0.493 e. The summed E-state index contributed by atoms with van der Waals surface area (Å²) in [4.78, 5) is 14.9. The topological polar surface area (TPSA) is 68.6 Å². The number of rotatable bonds is 9. The van der Waals surface area contributed by atoms with Crippen LogP contribution in [0.3, 0.4) is 0 Å². The number of ether oxygens (including phenoxy) is 2. The van der Waals surface area contributed by atoms with Crippen LogP contribution in [-0.4, -0.2) is 48.4 Å². The molecule has 1 amide bonds. The first-order chi connectivity index (χ1) is 16.1. The highest BCUT2D eigenvalue weighted by Crippen LogP contribution is 2.35. The first-order valence-electron chi connectivity index (χ1n) is 11.4. The number of methoxy groups -OCH3 is 2. The zero-order chi connectivity index (χ0) is 23.2. The Morgan fingerprint density at radius 1 is 1.06 bits per heavy atom. The first-order valence-corrected chi connectivity index (χ1v) is 11.4. The van der Waals surface area contributed by atoms with Gasteiger partial charge in [-0.25, -0.2) is 4.68 Å². The van der Waals surface area contributed by atoms with Crippen molar-refractivity contribution >= 4 is 11.7 Å². The second-order valence-electron chi connectivity index (χ2n) is 8.59. The molecular formula is C26H32N4O3. The second kappa shape index (κ2) is 10.5. The van der Waals surface area contributed by atoms with E-state index < -0.39 is 0 Å². The van der Waals surface area contributed by atoms with E-state index in [0.29, 0.717) is 29.8 Å². The Hall–Kier alpha value is -3.32. The summed E-state index contributed by atoms with van der Waals surface area (Å²) in [7, 11) is 5.16. The molecule has 1 aliphatic carbocycles. The number of nitrogens with zero attached hydrogens (tertiary/aromatic N) is 3. The van der Waals surface area contributed by atoms with Gasteiger partial charge < -0.3 is 14.8 Å². The number of carbonyl (C=O) groups is 1. The average Bonchev–Trinajstić information content (AvgIpc) is 3.49. The van der Waals surface area contributed by atoms with E-state index in [9.17, 15) is 4.79 Å². The van der Waals surface area contributed by atoms with Crippen LogP contribution in [0.2, 0.25) is 0 Å². The van der Waals surface area contributed by atoms with Crippen molar-refractivity contribution in [3.63, 3.8) is 0 Å². The van der Waals surface area contributed by atoms with Gasteiger partial charge in [0, 0.05) is 18.5 Å². The van der Waals surface area contributed by atoms with Crippen molar-refractivity contribution < 1.29 is 14.3 Å². The first kappa shape index (κ1) is 22.9. The van der Waals surface area contributed by atoms with Gasteiger partial charge in [-0.15, -0.1) is 0 Å². The summed E-state index contributed by atoms with van der Waals surface area (Å²) >= 11 is 0. The predicted octanol–water partition coefficient (Wildman–Crippen LogP) is 4.62. The number of hydrogen-bond donors (Lipinski definition) is 1. The minimum Gasteiger partial charge on any atom is -0.493 e. The Morgan fingerprint density at radius 3 is 2.48 bits per heavy atom. The molecule has 1 aliphatic rings. The van der Waals surface area contributed by atoms with Gasteiger partial charge in [0.05, 0.1) is 32.1 Å². The standard InChI is InChI=1S/C26H32N4O3/c1-29(17-19-13-14-23(32-2)24(15-19)33-3)18-26(31)27-25-16-22(20-9-7-8-10-20)28-30(25)21-11-5-4-6-12-21/h4-6,11-16,20H,7-10,17-18H2,1-3H3,(H,27,31). The van der Waals surface area contributed by atoms with Crippen molar-refractivity contribution in [2.75, 3.05) is 33.1 Å². The highest BCUT2D eigenvalue weighted by molar-refractivity contribution is 5.91. The van der Waals surface area contributed by atoms with Crippen molar-refractivity contribution in [1.29, 1.82) is 0 Å². The minimum atomic E-state index is -0.0759. The number of nitrogens with one attached hydrogen (secondary N) is 1. The van der Waals surface area contributed by atoms with Crippen molar-refractivity contribution in [3.05, 3.63) is 65.9 Å². The molecule has 0 saturated heterocycles. The summed E-state index contributed by atoms with van der Waals surface area (Å²) in [5.74, 6) is 2.48. The van der Waals surface area contributed by atoms with Crippen LogP contribution in [-0.2, 0) is 11.3 Å². The molecule has 1 heterocycles. The van der Waals surface area contributed by atoms with Crippen LogP contribution in [0.25, 0.3) is 5.69 Å². The maximum absolute atomic E-state index is 12.9. The summed E-state index contributed by atoms with van der Waals surface area (Å²) in [5.41, 5.74) is 3.04. The minimum absolute atomic E-state index is 0.0759. The maximum Gasteiger partial charge on any atom is 0.239 e. The zero-order valence-electron chi connectivity index (χ0n) is 19.6. The van der Waals surface area contributed by atoms with Gasteiger partial charge in [0.15, 0.2) is 11.5 Å². The molecule has 33 heavy (non-hydrogen) atoms. The fourth-order valence-electron chi connectivity index (χ4n) is 4.45. The number of hydrogen-bond acceptors (Lipinski definition) is 5. The molecule has 0 atom stereocenters. The lowest BCUT2D eigenvalue weighted by atomic mass is 10.0. The van der Waals surface area contributed by atoms with Gasteiger partial charge in [-0.1, -0.05) is 37.1 Å². The number of amides is 1. The van der Waals surface area contributed by atoms with E-state index >= 15 is 0 Å². The maximum atomic E-state index is 12.9. The van der Waals surface area contributed by atoms with Gasteiger partial charge in [-0.3, -0.25) is 9.69 Å². The molecule has 1 aromatic heterocycles. The highest BCUT2D eigenvalue weighted by Gasteiger charge is 2.22. The molecule has 0 bridgehead atoms. The fourth-order valence-corrected chi connectivity index (χ4v) is 4.45. The number of anilines is 1. The van der Waals surface area contributed by atoms with Crippen LogP contribution in [0.15, 0.2) is 54.6 Å². The lowest BCUT2D eigenvalue weighted by Crippen LogP contribution is -2.30. The number of para-hydroxylation sites is 1. The lowest BCUT2D eigenvalue weighted by Gasteiger charge is -2.18. The molecule has 0 aliphatic heterocycles. The van der Waals surface area contributed by atoms with Crippen LogP contribution in [0, 0.1) is 0 Å². The monoisotopic (exact) mass is 448 g/mol. The van der Waals surface area contributed by atoms with E-state index in [2.05, 4.69) is 5.32 Å². The van der Waals surface area contributed by atoms with E-state index in [1.165, 1.54) is 12.8 Å². The molecule has 174 valence electrons. The van der Waals surface area contributed by atoms with Gasteiger partial charge in [0.2, 0.25) is 5.91 Å². The van der Waals surface area contributed by atoms with Gasteiger partial charge in [-0.2, -0.15) is 5.10 Å². The van der Waals surface area contributed by atoms with Gasteiger partial charge >= 0.3 is 0 Å². The Morgan fingerprint density at radius 2 is 1.79 bits per heavy atom. The van der Waals surface area contributed by atoms with Crippen molar-refractivity contribution in [2.24, 2.45) is 0 Å². The zero-order valence-corrected chi connectivity index (χ0v) is 19.6. The van der Waals surface area contributed by atoms with E-state index in [1.807, 2.05) is 71.2 Å². The van der Waals surface area contributed by atoms with Crippen molar-refractivity contribution in [3.8, 4) is 17.2 Å². The third-order valence-electron chi connectivity index (χ3n) is 6.08. The Kier molecular flexibility index (Phi) is 7.29. The van der Waals surface area contributed by atoms with E-state index in [4.69, 9.17) is 14.6 Å². The fraction of sp³-hybridized carbons (Fsp3) is 0.385. The highest BCUT2D eigenvalue weighted by atomic mass is 16.5. The lowest BCUT2D eigenvalue weighted by molar-refractivity contribution is -0.117. The van der Waals surface area contributed by atoms with Gasteiger partial charge in [-0.05, 0) is 49.7 Å². The average molecular weight is 449 g/mol. The number of likely N-dealkylation sites (N-methyl/N-ethyl adjacent to an activating group) is 1. The molecule has 2 aromatic carbocycles. The molecule has 1 saturated carbocycles. The molecule has 0 radical (unpaired) electrons. The third-order valence-corrected chi connectivity index (χ3v) is 6.08. The molecule has 3 aromatic rings. The molecule has 7 nitrogen and oxygen atoms in total. The molecular weight excluding hydrogens is 416 g/mol. The number of aromatic nitrogens is 2. The molecule has 4 rings (SSSR count). The van der Waals surface area contributed by atoms with Gasteiger partial charge in [0.25, 0.3) is 0 Å². The van der Waals surface area contributed by atoms with Gasteiger partial charge in [0.1, 0.15) is 5.82 Å². The molecule has 1 fully saturated rings. The smallest absolute Gasteiger partial charge is 0.239 e. The summed E-state index contributed by atoms with van der Waals surface area (Å²) < 4.78 is 12.5. The quantitative estimate of drug-likeness (QED) is 0.517. The number of carbonyl (C=O) groups excluding carboxylic acids is 1. The number of benzene rings is 2. The predicted molar refractivity (Wildman–Crippen MR) is 129 cm³/mol. The SMILES string of the molecule is COc1ccc(CN(C)CC(=O)Nc2cc(C3CCCC3)nn2-c2ccccc2)cc1OC. The Labute approximate surface area is 195 Å². The van der Waals surface area contributed by atoms with Crippen LogP contribution >= 0.6 is 0 Å². The molecule has 0 spiro atoms. The normalized spacial score (nSPS) is 13.9. The van der Waals surface area contributed by atoms with Crippen molar-refractivity contribution in [2.45, 2.75) is 38.1 Å². The molecule has 7 heteroatoms. The van der Waals surface area contributed by atoms with Crippen LogP contribution < -0.4 is 14.8 Å². The van der Waals surface area contributed by atoms with Crippen LogP contribution in [0.4, 0.5) is 5.82 Å². The van der Waals surface area contributed by atoms with Crippen LogP contribution in [0.1, 0.15) is 42.9 Å². The van der Waals surface area contributed by atoms with E-state index in [-0.39, 0.29) is 12.5 Å².